The number of nitrogens with one attached hydrogen (secondary N) is 1. The summed E-state index contributed by atoms with van der Waals surface area (Å²) in [4.78, 5) is 43.1. The maximum Gasteiger partial charge on any atom is 0.281 e. The molecule has 34 heavy (non-hydrogen) atoms. The molecule has 0 unspecified atom stereocenters. The molecule has 0 aliphatic rings. The van der Waals surface area contributed by atoms with E-state index in [-0.39, 0.29) is 22.1 Å². The van der Waals surface area contributed by atoms with Crippen LogP contribution >= 0.6 is 22.9 Å². The topological polar surface area (TPSA) is 126 Å². The van der Waals surface area contributed by atoms with Crippen LogP contribution in [-0.2, 0) is 4.79 Å². The van der Waals surface area contributed by atoms with Crippen molar-refractivity contribution in [2.75, 3.05) is 19.1 Å². The number of nitrogens with two attached hydrogens (primary N) is 1. The Morgan fingerprint density at radius 1 is 1.24 bits per heavy atom. The number of primary amides is 1. The molecule has 2 heterocycles. The second kappa shape index (κ2) is 9.54. The fourth-order valence-electron chi connectivity index (χ4n) is 3.44. The number of carbonyl (C=O) groups excluding carboxylic acids is 2. The van der Waals surface area contributed by atoms with E-state index in [2.05, 4.69) is 10.4 Å². The van der Waals surface area contributed by atoms with E-state index in [1.165, 1.54) is 36.9 Å². The average molecular weight is 499 g/mol. The molecule has 4 aromatic rings. The zero-order chi connectivity index (χ0) is 24.4. The molecule has 0 aliphatic heterocycles. The van der Waals surface area contributed by atoms with Gasteiger partial charge in [0.15, 0.2) is 18.1 Å². The van der Waals surface area contributed by atoms with Crippen molar-refractivity contribution < 1.29 is 19.1 Å². The molecule has 0 aliphatic carbocycles. The van der Waals surface area contributed by atoms with E-state index in [4.69, 9.17) is 26.8 Å². The molecule has 4 rings (SSSR count). The van der Waals surface area contributed by atoms with Gasteiger partial charge >= 0.3 is 0 Å². The lowest BCUT2D eigenvalue weighted by Crippen LogP contribution is -2.33. The molecular weight excluding hydrogens is 480 g/mol. The molecule has 0 saturated heterocycles. The monoisotopic (exact) mass is 498 g/mol. The summed E-state index contributed by atoms with van der Waals surface area (Å²) in [7, 11) is 1.36. The number of fused-ring (bicyclic) bond motifs is 1. The lowest BCUT2D eigenvalue weighted by molar-refractivity contribution is -0.119. The van der Waals surface area contributed by atoms with E-state index in [0.29, 0.717) is 10.2 Å². The van der Waals surface area contributed by atoms with Crippen molar-refractivity contribution in [1.82, 2.24) is 9.66 Å². The highest BCUT2D eigenvalue weighted by atomic mass is 35.5. The van der Waals surface area contributed by atoms with Gasteiger partial charge in [-0.25, -0.2) is 9.66 Å². The molecule has 0 fully saturated rings. The Bertz CT molecular complexity index is 1470. The van der Waals surface area contributed by atoms with E-state index in [0.717, 1.165) is 20.7 Å². The van der Waals surface area contributed by atoms with E-state index in [1.807, 2.05) is 37.3 Å². The first-order valence-corrected chi connectivity index (χ1v) is 11.2. The first kappa shape index (κ1) is 23.3. The molecule has 3 N–H and O–H groups in total. The van der Waals surface area contributed by atoms with E-state index in [9.17, 15) is 14.4 Å². The lowest BCUT2D eigenvalue weighted by atomic mass is 10.0. The molecular formula is C23H19ClN4O5S. The predicted octanol–water partition coefficient (Wildman–Crippen LogP) is 3.34. The summed E-state index contributed by atoms with van der Waals surface area (Å²) in [5.41, 5.74) is 8.98. The van der Waals surface area contributed by atoms with Gasteiger partial charge in [-0.15, -0.1) is 11.3 Å². The Hall–Kier alpha value is -3.89. The summed E-state index contributed by atoms with van der Waals surface area (Å²) in [6, 6.07) is 12.2. The van der Waals surface area contributed by atoms with Crippen molar-refractivity contribution >= 4 is 45.0 Å². The number of aromatic nitrogens is 2. The summed E-state index contributed by atoms with van der Waals surface area (Å²) in [5, 5.41) is 0.453. The third-order valence-corrected chi connectivity index (χ3v) is 6.22. The predicted molar refractivity (Wildman–Crippen MR) is 130 cm³/mol. The Morgan fingerprint density at radius 3 is 2.65 bits per heavy atom. The van der Waals surface area contributed by atoms with Crippen LogP contribution in [0.15, 0.2) is 53.6 Å². The first-order valence-electron chi connectivity index (χ1n) is 9.96. The average Bonchev–Trinajstić information content (AvgIpc) is 3.16. The summed E-state index contributed by atoms with van der Waals surface area (Å²) < 4.78 is 11.5. The Morgan fingerprint density at radius 2 is 1.97 bits per heavy atom. The maximum atomic E-state index is 13.3. The molecule has 2 aromatic heterocycles. The van der Waals surface area contributed by atoms with Crippen LogP contribution in [0.25, 0.3) is 21.3 Å². The second-order valence-electron chi connectivity index (χ2n) is 7.18. The normalized spacial score (nSPS) is 10.8. The van der Waals surface area contributed by atoms with Crippen molar-refractivity contribution in [2.45, 2.75) is 6.92 Å². The Labute approximate surface area is 202 Å². The van der Waals surface area contributed by atoms with Crippen LogP contribution in [0.2, 0.25) is 5.02 Å². The van der Waals surface area contributed by atoms with Crippen LogP contribution in [0, 0.1) is 6.92 Å². The highest BCUT2D eigenvalue weighted by Crippen LogP contribution is 2.37. The molecule has 9 nitrogen and oxygen atoms in total. The number of aryl methyl sites for hydroxylation is 1. The van der Waals surface area contributed by atoms with Gasteiger partial charge in [-0.1, -0.05) is 41.9 Å². The fraction of sp³-hybridized carbons (Fsp3) is 0.130. The molecule has 0 spiro atoms. The Balaban J connectivity index is 1.70. The van der Waals surface area contributed by atoms with Crippen molar-refractivity contribution in [3.05, 3.63) is 74.6 Å². The van der Waals surface area contributed by atoms with Crippen LogP contribution in [-0.4, -0.2) is 35.2 Å². The summed E-state index contributed by atoms with van der Waals surface area (Å²) >= 11 is 7.64. The van der Waals surface area contributed by atoms with Gasteiger partial charge in [-0.3, -0.25) is 19.8 Å². The number of hydrogen-bond donors (Lipinski definition) is 2. The highest BCUT2D eigenvalue weighted by molar-refractivity contribution is 7.19. The molecule has 2 amide bonds. The van der Waals surface area contributed by atoms with Gasteiger partial charge < -0.3 is 15.2 Å². The van der Waals surface area contributed by atoms with Crippen LogP contribution in [0.4, 0.5) is 0 Å². The highest BCUT2D eigenvalue weighted by Gasteiger charge is 2.20. The lowest BCUT2D eigenvalue weighted by Gasteiger charge is -2.14. The third kappa shape index (κ3) is 4.45. The number of thiophene rings is 1. The minimum atomic E-state index is -0.694. The fourth-order valence-corrected chi connectivity index (χ4v) is 4.71. The van der Waals surface area contributed by atoms with Gasteiger partial charge in [-0.2, -0.15) is 0 Å². The molecule has 174 valence electrons. The zero-order valence-electron chi connectivity index (χ0n) is 18.1. The largest absolute Gasteiger partial charge is 0.493 e. The quantitative estimate of drug-likeness (QED) is 0.402. The molecule has 2 aromatic carbocycles. The maximum absolute atomic E-state index is 13.3. The van der Waals surface area contributed by atoms with Crippen molar-refractivity contribution in [3.63, 3.8) is 0 Å². The van der Waals surface area contributed by atoms with Gasteiger partial charge in [0.05, 0.1) is 17.5 Å². The minimum Gasteiger partial charge on any atom is -0.493 e. The smallest absolute Gasteiger partial charge is 0.281 e. The van der Waals surface area contributed by atoms with Crippen LogP contribution in [0.3, 0.4) is 0 Å². The summed E-state index contributed by atoms with van der Waals surface area (Å²) in [6.45, 7) is 1.51. The number of hydrogen-bond acceptors (Lipinski definition) is 7. The first-order chi connectivity index (χ1) is 16.3. The molecule has 0 atom stereocenters. The van der Waals surface area contributed by atoms with Crippen LogP contribution in [0.5, 0.6) is 11.5 Å². The second-order valence-corrected chi connectivity index (χ2v) is 8.79. The number of amides is 2. The van der Waals surface area contributed by atoms with Gasteiger partial charge in [0.25, 0.3) is 17.4 Å². The van der Waals surface area contributed by atoms with E-state index >= 15 is 0 Å². The Kier molecular flexibility index (Phi) is 6.53. The zero-order valence-corrected chi connectivity index (χ0v) is 19.7. The molecule has 0 radical (unpaired) electrons. The number of halogens is 1. The van der Waals surface area contributed by atoms with Gasteiger partial charge in [-0.05, 0) is 24.6 Å². The van der Waals surface area contributed by atoms with Crippen molar-refractivity contribution in [3.8, 4) is 22.6 Å². The SMILES string of the molecule is COc1cc(C(=O)Nn2cnc3sc(C)c(-c4ccccc4)c3c2=O)cc(Cl)c1OCC(N)=O. The molecule has 0 bridgehead atoms. The van der Waals surface area contributed by atoms with Gasteiger partial charge in [0.2, 0.25) is 0 Å². The number of ether oxygens (including phenoxy) is 2. The standard InChI is InChI=1S/C23H19ClN4O5S/c1-12-18(13-6-4-3-5-7-13)19-22(34-12)26-11-28(23(19)31)27-21(30)14-8-15(24)20(16(9-14)32-2)33-10-17(25)29/h3-9,11H,10H2,1-2H3,(H2,25,29)(H,27,30). The van der Waals surface area contributed by atoms with Gasteiger partial charge in [0, 0.05) is 16.0 Å². The van der Waals surface area contributed by atoms with Gasteiger partial charge in [0.1, 0.15) is 11.2 Å². The molecule has 11 heteroatoms. The van der Waals surface area contributed by atoms with Crippen molar-refractivity contribution in [2.24, 2.45) is 5.73 Å². The minimum absolute atomic E-state index is 0.0338. The third-order valence-electron chi connectivity index (χ3n) is 4.92. The molecule has 0 saturated carbocycles. The number of carbonyl (C=O) groups is 2. The number of methoxy groups -OCH3 is 1. The number of rotatable bonds is 7. The van der Waals surface area contributed by atoms with E-state index < -0.39 is 24.0 Å². The summed E-state index contributed by atoms with van der Waals surface area (Å²) in [6.07, 6.45) is 1.26. The van der Waals surface area contributed by atoms with Crippen LogP contribution < -0.4 is 26.2 Å². The van der Waals surface area contributed by atoms with Crippen molar-refractivity contribution in [1.29, 1.82) is 0 Å². The van der Waals surface area contributed by atoms with Crippen LogP contribution in [0.1, 0.15) is 15.2 Å². The summed E-state index contributed by atoms with van der Waals surface area (Å²) in [5.74, 6) is -1.13. The van der Waals surface area contributed by atoms with E-state index in [1.54, 1.807) is 0 Å². The number of nitrogens with zero attached hydrogens (tertiary/aromatic N) is 2. The number of benzene rings is 2.